The molecule has 1 atom stereocenters. The second-order valence-electron chi connectivity index (χ2n) is 4.07. The first-order chi connectivity index (χ1) is 7.68. The van der Waals surface area contributed by atoms with E-state index in [0.717, 1.165) is 36.0 Å². The number of nitrogens with zero attached hydrogens (tertiary/aromatic N) is 1. The maximum atomic E-state index is 12.0. The predicted molar refractivity (Wildman–Crippen MR) is 66.9 cm³/mol. The molecule has 0 bridgehead atoms. The molecule has 1 fully saturated rings. The highest BCUT2D eigenvalue weighted by atomic mass is 79.9. The van der Waals surface area contributed by atoms with Crippen LogP contribution in [-0.2, 0) is 4.79 Å². The van der Waals surface area contributed by atoms with Gasteiger partial charge in [0.05, 0.1) is 0 Å². The molecular weight excluding hydrogens is 268 g/mol. The Morgan fingerprint density at radius 2 is 2.06 bits per heavy atom. The van der Waals surface area contributed by atoms with Crippen molar-refractivity contribution in [1.29, 1.82) is 0 Å². The first kappa shape index (κ1) is 11.6. The van der Waals surface area contributed by atoms with Crippen molar-refractivity contribution in [2.75, 3.05) is 13.1 Å². The molecule has 1 aromatic rings. The van der Waals surface area contributed by atoms with Crippen LogP contribution in [0.2, 0.25) is 0 Å². The van der Waals surface area contributed by atoms with Gasteiger partial charge in [-0.05, 0) is 30.5 Å². The minimum atomic E-state index is -0.532. The van der Waals surface area contributed by atoms with Crippen LogP contribution in [0.3, 0.4) is 0 Å². The normalized spacial score (nSPS) is 17.5. The Kier molecular flexibility index (Phi) is 3.61. The first-order valence-corrected chi connectivity index (χ1v) is 6.27. The summed E-state index contributed by atoms with van der Waals surface area (Å²) < 4.78 is 0.953. The van der Waals surface area contributed by atoms with Gasteiger partial charge in [0.1, 0.15) is 6.04 Å². The topological polar surface area (TPSA) is 46.3 Å². The fourth-order valence-corrected chi connectivity index (χ4v) is 2.39. The number of rotatable bonds is 2. The summed E-state index contributed by atoms with van der Waals surface area (Å²) in [6.07, 6.45) is 2.19. The number of halogens is 1. The maximum Gasteiger partial charge on any atom is 0.244 e. The van der Waals surface area contributed by atoms with E-state index >= 15 is 0 Å². The summed E-state index contributed by atoms with van der Waals surface area (Å²) in [5, 5.41) is 0. The Morgan fingerprint density at radius 1 is 1.38 bits per heavy atom. The van der Waals surface area contributed by atoms with Crippen LogP contribution >= 0.6 is 15.9 Å². The van der Waals surface area contributed by atoms with E-state index in [-0.39, 0.29) is 5.91 Å². The molecule has 2 rings (SSSR count). The summed E-state index contributed by atoms with van der Waals surface area (Å²) in [6, 6.07) is 7.09. The lowest BCUT2D eigenvalue weighted by Gasteiger charge is -2.20. The zero-order valence-corrected chi connectivity index (χ0v) is 10.6. The monoisotopic (exact) mass is 282 g/mol. The van der Waals surface area contributed by atoms with Gasteiger partial charge < -0.3 is 10.6 Å². The van der Waals surface area contributed by atoms with E-state index in [1.807, 2.05) is 29.2 Å². The van der Waals surface area contributed by atoms with Crippen molar-refractivity contribution in [2.45, 2.75) is 18.9 Å². The minimum absolute atomic E-state index is 0.0376. The molecule has 1 unspecified atom stereocenters. The third-order valence-corrected chi connectivity index (χ3v) is 3.38. The Bertz CT molecular complexity index is 388. The summed E-state index contributed by atoms with van der Waals surface area (Å²) in [4.78, 5) is 13.9. The summed E-state index contributed by atoms with van der Waals surface area (Å²) in [6.45, 7) is 1.70. The van der Waals surface area contributed by atoms with Gasteiger partial charge in [-0.2, -0.15) is 0 Å². The first-order valence-electron chi connectivity index (χ1n) is 5.48. The Labute approximate surface area is 104 Å². The number of benzene rings is 1. The van der Waals surface area contributed by atoms with Gasteiger partial charge in [0, 0.05) is 17.6 Å². The van der Waals surface area contributed by atoms with Crippen molar-refractivity contribution in [1.82, 2.24) is 4.90 Å². The number of hydrogen-bond donors (Lipinski definition) is 1. The summed E-state index contributed by atoms with van der Waals surface area (Å²) in [7, 11) is 0. The zero-order valence-electron chi connectivity index (χ0n) is 9.03. The number of hydrogen-bond acceptors (Lipinski definition) is 2. The average Bonchev–Trinajstić information content (AvgIpc) is 2.80. The van der Waals surface area contributed by atoms with Crippen LogP contribution in [0.25, 0.3) is 0 Å². The molecule has 1 heterocycles. The molecule has 0 spiro atoms. The molecule has 4 heteroatoms. The fourth-order valence-electron chi connectivity index (χ4n) is 1.98. The second kappa shape index (κ2) is 4.97. The molecule has 86 valence electrons. The molecular formula is C12H15BrN2O. The molecule has 2 N–H and O–H groups in total. The van der Waals surface area contributed by atoms with Gasteiger partial charge in [-0.3, -0.25) is 4.79 Å². The van der Waals surface area contributed by atoms with Gasteiger partial charge in [-0.25, -0.2) is 0 Å². The molecule has 1 aliphatic rings. The summed E-state index contributed by atoms with van der Waals surface area (Å²) in [5.41, 5.74) is 6.84. The standard InChI is InChI=1S/C12H15BrN2O/c13-10-5-3-4-9(8-10)11(14)12(16)15-6-1-2-7-15/h3-5,8,11H,1-2,6-7,14H2. The zero-order chi connectivity index (χ0) is 11.5. The van der Waals surface area contributed by atoms with Crippen LogP contribution in [0.15, 0.2) is 28.7 Å². The fraction of sp³-hybridized carbons (Fsp3) is 0.417. The molecule has 1 amide bonds. The van der Waals surface area contributed by atoms with E-state index in [1.54, 1.807) is 0 Å². The summed E-state index contributed by atoms with van der Waals surface area (Å²) in [5.74, 6) is 0.0376. The van der Waals surface area contributed by atoms with Crippen LogP contribution in [0.4, 0.5) is 0 Å². The van der Waals surface area contributed by atoms with E-state index in [1.165, 1.54) is 0 Å². The van der Waals surface area contributed by atoms with Crippen molar-refractivity contribution in [3.05, 3.63) is 34.3 Å². The number of likely N-dealkylation sites (tertiary alicyclic amines) is 1. The van der Waals surface area contributed by atoms with Crippen LogP contribution in [0, 0.1) is 0 Å². The number of carbonyl (C=O) groups is 1. The molecule has 16 heavy (non-hydrogen) atoms. The van der Waals surface area contributed by atoms with Gasteiger partial charge in [-0.15, -0.1) is 0 Å². The molecule has 1 aromatic carbocycles. The van der Waals surface area contributed by atoms with Crippen LogP contribution in [0.5, 0.6) is 0 Å². The second-order valence-corrected chi connectivity index (χ2v) is 4.98. The van der Waals surface area contributed by atoms with Crippen molar-refractivity contribution in [3.8, 4) is 0 Å². The van der Waals surface area contributed by atoms with Crippen molar-refractivity contribution in [3.63, 3.8) is 0 Å². The van der Waals surface area contributed by atoms with E-state index < -0.39 is 6.04 Å². The molecule has 0 aromatic heterocycles. The largest absolute Gasteiger partial charge is 0.341 e. The number of nitrogens with two attached hydrogens (primary N) is 1. The van der Waals surface area contributed by atoms with E-state index in [4.69, 9.17) is 5.73 Å². The quantitative estimate of drug-likeness (QED) is 0.903. The van der Waals surface area contributed by atoms with Crippen LogP contribution in [-0.4, -0.2) is 23.9 Å². The molecule has 0 aliphatic carbocycles. The number of amides is 1. The molecule has 1 aliphatic heterocycles. The van der Waals surface area contributed by atoms with Crippen molar-refractivity contribution < 1.29 is 4.79 Å². The number of carbonyl (C=O) groups excluding carboxylic acids is 1. The van der Waals surface area contributed by atoms with Gasteiger partial charge in [0.15, 0.2) is 0 Å². The lowest BCUT2D eigenvalue weighted by molar-refractivity contribution is -0.131. The van der Waals surface area contributed by atoms with Crippen molar-refractivity contribution in [2.24, 2.45) is 5.73 Å². The SMILES string of the molecule is NC(C(=O)N1CCCC1)c1cccc(Br)c1. The van der Waals surface area contributed by atoms with Crippen LogP contribution < -0.4 is 5.73 Å². The molecule has 3 nitrogen and oxygen atoms in total. The molecule has 0 saturated carbocycles. The Balaban J connectivity index is 2.11. The average molecular weight is 283 g/mol. The smallest absolute Gasteiger partial charge is 0.244 e. The van der Waals surface area contributed by atoms with E-state index in [0.29, 0.717) is 0 Å². The Morgan fingerprint density at radius 3 is 2.69 bits per heavy atom. The molecule has 0 radical (unpaired) electrons. The van der Waals surface area contributed by atoms with Gasteiger partial charge in [0.2, 0.25) is 5.91 Å². The van der Waals surface area contributed by atoms with Gasteiger partial charge >= 0.3 is 0 Å². The minimum Gasteiger partial charge on any atom is -0.341 e. The van der Waals surface area contributed by atoms with Gasteiger partial charge in [0.25, 0.3) is 0 Å². The lowest BCUT2D eigenvalue weighted by Crippen LogP contribution is -2.36. The highest BCUT2D eigenvalue weighted by Crippen LogP contribution is 2.20. The summed E-state index contributed by atoms with van der Waals surface area (Å²) >= 11 is 3.38. The molecule has 1 saturated heterocycles. The highest BCUT2D eigenvalue weighted by molar-refractivity contribution is 9.10. The van der Waals surface area contributed by atoms with Crippen LogP contribution in [0.1, 0.15) is 24.4 Å². The lowest BCUT2D eigenvalue weighted by atomic mass is 10.1. The Hall–Kier alpha value is -0.870. The third-order valence-electron chi connectivity index (χ3n) is 2.89. The maximum absolute atomic E-state index is 12.0. The van der Waals surface area contributed by atoms with Gasteiger partial charge in [-0.1, -0.05) is 28.1 Å². The van der Waals surface area contributed by atoms with Crippen molar-refractivity contribution >= 4 is 21.8 Å². The highest BCUT2D eigenvalue weighted by Gasteiger charge is 2.24. The van der Waals surface area contributed by atoms with E-state index in [2.05, 4.69) is 15.9 Å². The predicted octanol–water partition coefficient (Wildman–Crippen LogP) is 2.07. The third kappa shape index (κ3) is 2.44. The van der Waals surface area contributed by atoms with E-state index in [9.17, 15) is 4.79 Å².